The normalized spacial score (nSPS) is 18.5. The lowest BCUT2D eigenvalue weighted by molar-refractivity contribution is -0.0963. The molecule has 5 nitrogen and oxygen atoms in total. The largest absolute Gasteiger partial charge is 0.441 e. The lowest BCUT2D eigenvalue weighted by Crippen LogP contribution is -2.38. The van der Waals surface area contributed by atoms with E-state index >= 15 is 0 Å². The van der Waals surface area contributed by atoms with E-state index in [0.29, 0.717) is 25.7 Å². The summed E-state index contributed by atoms with van der Waals surface area (Å²) >= 11 is 0. The van der Waals surface area contributed by atoms with Crippen molar-refractivity contribution in [3.8, 4) is 11.5 Å². The van der Waals surface area contributed by atoms with Crippen molar-refractivity contribution in [3.63, 3.8) is 0 Å². The number of rotatable bonds is 5. The van der Waals surface area contributed by atoms with Gasteiger partial charge in [-0.3, -0.25) is 4.90 Å². The highest BCUT2D eigenvalue weighted by molar-refractivity contribution is 5.58. The molecule has 5 heteroatoms. The molecule has 0 spiro atoms. The number of hydrogen-bond acceptors (Lipinski definition) is 5. The molecule has 0 aliphatic carbocycles. The van der Waals surface area contributed by atoms with Crippen LogP contribution in [0.15, 0.2) is 28.7 Å². The molecular weight excluding hydrogens is 292 g/mol. The van der Waals surface area contributed by atoms with Crippen molar-refractivity contribution < 1.29 is 13.9 Å². The monoisotopic (exact) mass is 316 g/mol. The fourth-order valence-corrected chi connectivity index (χ4v) is 2.81. The fraction of sp³-hybridized carbons (Fsp3) is 0.500. The number of ether oxygens (including phenoxy) is 2. The molecule has 0 amide bonds. The summed E-state index contributed by atoms with van der Waals surface area (Å²) in [6, 6.07) is 8.14. The van der Waals surface area contributed by atoms with Gasteiger partial charge in [0.1, 0.15) is 5.76 Å². The van der Waals surface area contributed by atoms with E-state index in [0.717, 1.165) is 30.1 Å². The number of aryl methyl sites for hydroxylation is 2. The van der Waals surface area contributed by atoms with E-state index in [4.69, 9.17) is 18.9 Å². The average Bonchev–Trinajstić information content (AvgIpc) is 2.89. The third kappa shape index (κ3) is 3.99. The van der Waals surface area contributed by atoms with Crippen LogP contribution in [-0.2, 0) is 16.0 Å². The van der Waals surface area contributed by atoms with Crippen LogP contribution < -0.4 is 0 Å². The van der Waals surface area contributed by atoms with E-state index in [1.165, 1.54) is 5.56 Å². The third-order valence-electron chi connectivity index (χ3n) is 4.09. The molecule has 1 saturated heterocycles. The Hall–Kier alpha value is -1.69. The third-order valence-corrected chi connectivity index (χ3v) is 4.09. The predicted molar refractivity (Wildman–Crippen MR) is 88.3 cm³/mol. The highest BCUT2D eigenvalue weighted by Gasteiger charge is 2.19. The molecule has 124 valence electrons. The highest BCUT2D eigenvalue weighted by atomic mass is 16.6. The maximum absolute atomic E-state index is 5.88. The van der Waals surface area contributed by atoms with E-state index in [1.807, 2.05) is 25.1 Å². The summed E-state index contributed by atoms with van der Waals surface area (Å²) in [5.41, 5.74) is 3.19. The van der Waals surface area contributed by atoms with Crippen molar-refractivity contribution in [3.05, 3.63) is 41.3 Å². The summed E-state index contributed by atoms with van der Waals surface area (Å²) < 4.78 is 17.0. The number of nitrogens with zero attached hydrogens (tertiary/aromatic N) is 2. The lowest BCUT2D eigenvalue weighted by atomic mass is 10.1. The van der Waals surface area contributed by atoms with Gasteiger partial charge in [0.05, 0.1) is 31.6 Å². The molecule has 2 aromatic rings. The number of likely N-dealkylation sites (N-methyl/N-ethyl adjacent to an activating group) is 1. The molecule has 0 bridgehead atoms. The minimum atomic E-state index is 0.136. The smallest absolute Gasteiger partial charge is 0.226 e. The van der Waals surface area contributed by atoms with E-state index in [-0.39, 0.29) is 6.10 Å². The van der Waals surface area contributed by atoms with Crippen LogP contribution in [0, 0.1) is 13.8 Å². The number of benzene rings is 1. The second-order valence-corrected chi connectivity index (χ2v) is 6.10. The van der Waals surface area contributed by atoms with Crippen LogP contribution in [-0.4, -0.2) is 49.4 Å². The van der Waals surface area contributed by atoms with Crippen LogP contribution in [0.1, 0.15) is 17.0 Å². The molecule has 2 heterocycles. The van der Waals surface area contributed by atoms with Gasteiger partial charge in [0.15, 0.2) is 0 Å². The van der Waals surface area contributed by atoms with Crippen molar-refractivity contribution in [2.24, 2.45) is 0 Å². The zero-order valence-electron chi connectivity index (χ0n) is 14.0. The Bertz CT molecular complexity index is 647. The quantitative estimate of drug-likeness (QED) is 0.849. The summed E-state index contributed by atoms with van der Waals surface area (Å²) in [5.74, 6) is 1.57. The van der Waals surface area contributed by atoms with Gasteiger partial charge in [0.2, 0.25) is 5.89 Å². The maximum atomic E-state index is 5.88. The van der Waals surface area contributed by atoms with Gasteiger partial charge in [0, 0.05) is 18.7 Å². The second-order valence-electron chi connectivity index (χ2n) is 6.10. The van der Waals surface area contributed by atoms with E-state index in [9.17, 15) is 0 Å². The van der Waals surface area contributed by atoms with Crippen molar-refractivity contribution in [1.29, 1.82) is 0 Å². The van der Waals surface area contributed by atoms with E-state index in [1.54, 1.807) is 0 Å². The Balaban J connectivity index is 1.67. The second kappa shape index (κ2) is 7.25. The molecule has 23 heavy (non-hydrogen) atoms. The van der Waals surface area contributed by atoms with Crippen molar-refractivity contribution in [1.82, 2.24) is 9.88 Å². The van der Waals surface area contributed by atoms with Gasteiger partial charge in [0.25, 0.3) is 0 Å². The van der Waals surface area contributed by atoms with Crippen LogP contribution in [0.4, 0.5) is 0 Å². The first-order valence-electron chi connectivity index (χ1n) is 8.03. The Morgan fingerprint density at radius 1 is 1.22 bits per heavy atom. The number of oxazole rings is 1. The van der Waals surface area contributed by atoms with Crippen molar-refractivity contribution in [2.45, 2.75) is 26.5 Å². The zero-order chi connectivity index (χ0) is 16.2. The zero-order valence-corrected chi connectivity index (χ0v) is 14.0. The topological polar surface area (TPSA) is 47.7 Å². The van der Waals surface area contributed by atoms with Gasteiger partial charge in [-0.25, -0.2) is 4.98 Å². The minimum absolute atomic E-state index is 0.136. The Morgan fingerprint density at radius 3 is 2.78 bits per heavy atom. The van der Waals surface area contributed by atoms with Gasteiger partial charge in [-0.15, -0.1) is 0 Å². The molecule has 1 atom stereocenters. The SMILES string of the molecule is Cc1ccccc1-c1nc(CN(C)CC2COCCO2)c(C)o1. The molecule has 1 unspecified atom stereocenters. The van der Waals surface area contributed by atoms with Gasteiger partial charge in [-0.1, -0.05) is 18.2 Å². The van der Waals surface area contributed by atoms with Crippen LogP contribution in [0.5, 0.6) is 0 Å². The van der Waals surface area contributed by atoms with Gasteiger partial charge in [-0.2, -0.15) is 0 Å². The first-order chi connectivity index (χ1) is 11.1. The van der Waals surface area contributed by atoms with Crippen molar-refractivity contribution >= 4 is 0 Å². The van der Waals surface area contributed by atoms with Gasteiger partial charge >= 0.3 is 0 Å². The molecule has 1 aromatic heterocycles. The van der Waals surface area contributed by atoms with Gasteiger partial charge < -0.3 is 13.9 Å². The van der Waals surface area contributed by atoms with E-state index < -0.39 is 0 Å². The minimum Gasteiger partial charge on any atom is -0.441 e. The average molecular weight is 316 g/mol. The summed E-state index contributed by atoms with van der Waals surface area (Å²) in [5, 5.41) is 0. The lowest BCUT2D eigenvalue weighted by Gasteiger charge is -2.27. The summed E-state index contributed by atoms with van der Waals surface area (Å²) in [6.07, 6.45) is 0.136. The molecule has 0 saturated carbocycles. The molecule has 1 aliphatic heterocycles. The first-order valence-corrected chi connectivity index (χ1v) is 8.03. The molecule has 1 aromatic carbocycles. The molecule has 1 fully saturated rings. The summed E-state index contributed by atoms with van der Waals surface area (Å²) in [6.45, 7) is 7.64. The Morgan fingerprint density at radius 2 is 2.04 bits per heavy atom. The summed E-state index contributed by atoms with van der Waals surface area (Å²) in [4.78, 5) is 6.89. The van der Waals surface area contributed by atoms with E-state index in [2.05, 4.69) is 24.9 Å². The van der Waals surface area contributed by atoms with Crippen LogP contribution in [0.25, 0.3) is 11.5 Å². The van der Waals surface area contributed by atoms with Crippen LogP contribution in [0.3, 0.4) is 0 Å². The van der Waals surface area contributed by atoms with Crippen molar-refractivity contribution in [2.75, 3.05) is 33.4 Å². The first kappa shape index (κ1) is 16.2. The maximum Gasteiger partial charge on any atom is 0.226 e. The molecule has 0 N–H and O–H groups in total. The Labute approximate surface area is 137 Å². The summed E-state index contributed by atoms with van der Waals surface area (Å²) in [7, 11) is 2.07. The molecule has 3 rings (SSSR count). The number of hydrogen-bond donors (Lipinski definition) is 0. The van der Waals surface area contributed by atoms with Crippen LogP contribution >= 0.6 is 0 Å². The number of aromatic nitrogens is 1. The highest BCUT2D eigenvalue weighted by Crippen LogP contribution is 2.25. The molecule has 0 radical (unpaired) electrons. The standard InChI is InChI=1S/C18H24N2O3/c1-13-6-4-5-7-16(13)18-19-17(14(2)23-18)11-20(3)10-15-12-21-8-9-22-15/h4-7,15H,8-12H2,1-3H3. The molecule has 1 aliphatic rings. The van der Waals surface area contributed by atoms with Crippen LogP contribution in [0.2, 0.25) is 0 Å². The molecular formula is C18H24N2O3. The fourth-order valence-electron chi connectivity index (χ4n) is 2.81. The predicted octanol–water partition coefficient (Wildman–Crippen LogP) is 2.81. The Kier molecular flexibility index (Phi) is 5.10. The van der Waals surface area contributed by atoms with Gasteiger partial charge in [-0.05, 0) is 32.5 Å².